The summed E-state index contributed by atoms with van der Waals surface area (Å²) >= 11 is 0. The first kappa shape index (κ1) is 10.6. The number of hydrogen-bond acceptors (Lipinski definition) is 3. The number of rotatable bonds is 2. The summed E-state index contributed by atoms with van der Waals surface area (Å²) < 4.78 is 10.5. The van der Waals surface area contributed by atoms with Crippen LogP contribution in [0.5, 0.6) is 0 Å². The van der Waals surface area contributed by atoms with Crippen molar-refractivity contribution in [1.29, 1.82) is 5.26 Å². The van der Waals surface area contributed by atoms with Crippen molar-refractivity contribution < 1.29 is 9.47 Å². The first-order valence-corrected chi connectivity index (χ1v) is 5.24. The molecule has 0 amide bonds. The highest BCUT2D eigenvalue weighted by Gasteiger charge is 2.15. The van der Waals surface area contributed by atoms with Crippen molar-refractivity contribution in [3.8, 4) is 6.07 Å². The fourth-order valence-electron chi connectivity index (χ4n) is 1.67. The molecule has 1 aromatic carbocycles. The number of ether oxygens (including phenoxy) is 2. The Morgan fingerprint density at radius 2 is 2.12 bits per heavy atom. The normalized spacial score (nSPS) is 13.9. The molecule has 1 fully saturated rings. The third-order valence-corrected chi connectivity index (χ3v) is 2.39. The maximum absolute atomic E-state index is 9.05. The van der Waals surface area contributed by atoms with Crippen LogP contribution in [0.25, 0.3) is 0 Å². The first-order valence-electron chi connectivity index (χ1n) is 5.24. The van der Waals surface area contributed by atoms with Gasteiger partial charge in [0.1, 0.15) is 24.9 Å². The van der Waals surface area contributed by atoms with Gasteiger partial charge in [0.25, 0.3) is 5.95 Å². The molecular weight excluding hydrogens is 202 g/mol. The summed E-state index contributed by atoms with van der Waals surface area (Å²) in [6.45, 7) is 3.11. The average Bonchev–Trinajstić information content (AvgIpc) is 2.79. The minimum Gasteiger partial charge on any atom is -0.461 e. The van der Waals surface area contributed by atoms with Crippen LogP contribution >= 0.6 is 0 Å². The van der Waals surface area contributed by atoms with E-state index in [4.69, 9.17) is 14.7 Å². The number of hydrogen-bond donors (Lipinski definition) is 0. The molecule has 82 valence electrons. The van der Waals surface area contributed by atoms with Gasteiger partial charge < -0.3 is 9.47 Å². The van der Waals surface area contributed by atoms with E-state index in [1.807, 2.05) is 25.1 Å². The summed E-state index contributed by atoms with van der Waals surface area (Å²) in [6, 6.07) is 10.2. The van der Waals surface area contributed by atoms with Crippen LogP contribution in [0.1, 0.15) is 11.1 Å². The van der Waals surface area contributed by atoms with E-state index < -0.39 is 0 Å². The predicted octanol–water partition coefficient (Wildman–Crippen LogP) is 2.32. The largest absolute Gasteiger partial charge is 0.461 e. The minimum atomic E-state index is 0.393. The lowest BCUT2D eigenvalue weighted by Crippen LogP contribution is -1.95. The maximum atomic E-state index is 9.05. The van der Waals surface area contributed by atoms with Crippen LogP contribution in [0, 0.1) is 18.3 Å². The van der Waals surface area contributed by atoms with Gasteiger partial charge in [0.15, 0.2) is 0 Å². The third-order valence-electron chi connectivity index (χ3n) is 2.39. The Balaban J connectivity index is 2.20. The highest BCUT2D eigenvalue weighted by Crippen LogP contribution is 2.18. The first-order chi connectivity index (χ1) is 7.79. The van der Waals surface area contributed by atoms with Crippen LogP contribution in [-0.4, -0.2) is 13.2 Å². The monoisotopic (exact) mass is 215 g/mol. The van der Waals surface area contributed by atoms with Crippen LogP contribution in [0.4, 0.5) is 0 Å². The second kappa shape index (κ2) is 4.71. The zero-order chi connectivity index (χ0) is 11.4. The Morgan fingerprint density at radius 3 is 2.75 bits per heavy atom. The van der Waals surface area contributed by atoms with Gasteiger partial charge in [0.2, 0.25) is 0 Å². The SMILES string of the molecule is Cc1cccc(CC(C#N)=C2OCCO2)c1. The molecule has 3 heteroatoms. The molecule has 0 saturated carbocycles. The molecule has 16 heavy (non-hydrogen) atoms. The smallest absolute Gasteiger partial charge is 0.294 e. The molecule has 0 spiro atoms. The number of nitrogens with zero attached hydrogens (tertiary/aromatic N) is 1. The molecule has 0 aromatic heterocycles. The number of aryl methyl sites for hydroxylation is 1. The molecule has 2 rings (SSSR count). The summed E-state index contributed by atoms with van der Waals surface area (Å²) in [5.41, 5.74) is 2.85. The Kier molecular flexibility index (Phi) is 3.11. The van der Waals surface area contributed by atoms with Crippen LogP contribution in [0.15, 0.2) is 35.8 Å². The summed E-state index contributed by atoms with van der Waals surface area (Å²) in [5.74, 6) is 0.393. The highest BCUT2D eigenvalue weighted by molar-refractivity contribution is 5.32. The molecule has 1 heterocycles. The van der Waals surface area contributed by atoms with Gasteiger partial charge in [-0.2, -0.15) is 5.26 Å². The van der Waals surface area contributed by atoms with Crippen LogP contribution < -0.4 is 0 Å². The molecule has 0 bridgehead atoms. The predicted molar refractivity (Wildman–Crippen MR) is 59.4 cm³/mol. The van der Waals surface area contributed by atoms with Crippen LogP contribution in [0.2, 0.25) is 0 Å². The van der Waals surface area contributed by atoms with Crippen LogP contribution in [-0.2, 0) is 15.9 Å². The van der Waals surface area contributed by atoms with Gasteiger partial charge >= 0.3 is 0 Å². The highest BCUT2D eigenvalue weighted by atomic mass is 16.7. The van der Waals surface area contributed by atoms with Gasteiger partial charge in [-0.1, -0.05) is 29.8 Å². The molecule has 0 atom stereocenters. The van der Waals surface area contributed by atoms with Gasteiger partial charge in [-0.3, -0.25) is 0 Å². The summed E-state index contributed by atoms with van der Waals surface area (Å²) in [4.78, 5) is 0. The molecule has 1 saturated heterocycles. The quantitative estimate of drug-likeness (QED) is 0.711. The maximum Gasteiger partial charge on any atom is 0.294 e. The fourth-order valence-corrected chi connectivity index (χ4v) is 1.67. The van der Waals surface area contributed by atoms with Gasteiger partial charge in [-0.05, 0) is 12.5 Å². The topological polar surface area (TPSA) is 42.2 Å². The average molecular weight is 215 g/mol. The third kappa shape index (κ3) is 2.34. The minimum absolute atomic E-state index is 0.393. The zero-order valence-corrected chi connectivity index (χ0v) is 9.19. The molecule has 0 N–H and O–H groups in total. The van der Waals surface area contributed by atoms with E-state index in [0.29, 0.717) is 31.2 Å². The van der Waals surface area contributed by atoms with Crippen molar-refractivity contribution >= 4 is 0 Å². The van der Waals surface area contributed by atoms with Crippen molar-refractivity contribution in [1.82, 2.24) is 0 Å². The Hall–Kier alpha value is -1.95. The van der Waals surface area contributed by atoms with Crippen molar-refractivity contribution in [3.05, 3.63) is 46.9 Å². The zero-order valence-electron chi connectivity index (χ0n) is 9.19. The van der Waals surface area contributed by atoms with Crippen molar-refractivity contribution in [2.45, 2.75) is 13.3 Å². The lowest BCUT2D eigenvalue weighted by atomic mass is 10.0. The lowest BCUT2D eigenvalue weighted by molar-refractivity contribution is 0.171. The van der Waals surface area contributed by atoms with Crippen molar-refractivity contribution in [3.63, 3.8) is 0 Å². The van der Waals surface area contributed by atoms with E-state index in [1.54, 1.807) is 0 Å². The molecule has 0 aliphatic carbocycles. The summed E-state index contributed by atoms with van der Waals surface area (Å²) in [5, 5.41) is 9.05. The molecule has 0 unspecified atom stereocenters. The number of allylic oxidation sites excluding steroid dienone is 1. The lowest BCUT2D eigenvalue weighted by Gasteiger charge is -2.04. The summed E-state index contributed by atoms with van der Waals surface area (Å²) in [6.07, 6.45) is 0.563. The Labute approximate surface area is 94.9 Å². The molecule has 0 radical (unpaired) electrons. The standard InChI is InChI=1S/C13H13NO2/c1-10-3-2-4-11(7-10)8-12(9-14)13-15-5-6-16-13/h2-4,7H,5-6,8H2,1H3. The van der Waals surface area contributed by atoms with E-state index in [2.05, 4.69) is 12.1 Å². The fraction of sp³-hybridized carbons (Fsp3) is 0.308. The van der Waals surface area contributed by atoms with Crippen molar-refractivity contribution in [2.75, 3.05) is 13.2 Å². The molecule has 1 aliphatic rings. The second-order valence-corrected chi connectivity index (χ2v) is 3.74. The summed E-state index contributed by atoms with van der Waals surface area (Å²) in [7, 11) is 0. The van der Waals surface area contributed by atoms with Gasteiger partial charge in [0, 0.05) is 6.42 Å². The molecule has 1 aliphatic heterocycles. The van der Waals surface area contributed by atoms with E-state index in [1.165, 1.54) is 5.56 Å². The second-order valence-electron chi connectivity index (χ2n) is 3.74. The number of benzene rings is 1. The van der Waals surface area contributed by atoms with Crippen LogP contribution in [0.3, 0.4) is 0 Å². The molecule has 1 aromatic rings. The number of nitriles is 1. The van der Waals surface area contributed by atoms with E-state index in [9.17, 15) is 0 Å². The molecular formula is C13H13NO2. The van der Waals surface area contributed by atoms with Crippen molar-refractivity contribution in [2.24, 2.45) is 0 Å². The Bertz CT molecular complexity index is 449. The molecule has 3 nitrogen and oxygen atoms in total. The van der Waals surface area contributed by atoms with E-state index in [-0.39, 0.29) is 0 Å². The van der Waals surface area contributed by atoms with Gasteiger partial charge in [-0.25, -0.2) is 0 Å². The van der Waals surface area contributed by atoms with E-state index >= 15 is 0 Å². The van der Waals surface area contributed by atoms with E-state index in [0.717, 1.165) is 5.56 Å². The van der Waals surface area contributed by atoms with Gasteiger partial charge in [-0.15, -0.1) is 0 Å². The van der Waals surface area contributed by atoms with Gasteiger partial charge in [0.05, 0.1) is 0 Å². The Morgan fingerprint density at radius 1 is 1.38 bits per heavy atom.